The maximum absolute atomic E-state index is 6.01. The third-order valence-electron chi connectivity index (χ3n) is 2.94. The summed E-state index contributed by atoms with van der Waals surface area (Å²) in [5, 5.41) is 7.96. The van der Waals surface area contributed by atoms with Gasteiger partial charge in [0.1, 0.15) is 23.1 Å². The van der Waals surface area contributed by atoms with Gasteiger partial charge in [0.05, 0.1) is 5.69 Å². The molecule has 1 aromatic carbocycles. The maximum Gasteiger partial charge on any atom is 0.253 e. The molecule has 0 bridgehead atoms. The summed E-state index contributed by atoms with van der Waals surface area (Å²) in [7, 11) is 0. The van der Waals surface area contributed by atoms with E-state index >= 15 is 0 Å². The van der Waals surface area contributed by atoms with Crippen molar-refractivity contribution in [3.05, 3.63) is 59.2 Å². The highest BCUT2D eigenvalue weighted by Gasteiger charge is 2.17. The van der Waals surface area contributed by atoms with Crippen molar-refractivity contribution in [1.29, 1.82) is 0 Å². The van der Waals surface area contributed by atoms with Crippen LogP contribution in [0.1, 0.15) is 11.3 Å². The zero-order valence-electron chi connectivity index (χ0n) is 11.3. The van der Waals surface area contributed by atoms with Gasteiger partial charge >= 0.3 is 0 Å². The smallest absolute Gasteiger partial charge is 0.253 e. The molecule has 5 nitrogen and oxygen atoms in total. The van der Waals surface area contributed by atoms with Crippen LogP contribution in [0, 0.1) is 6.92 Å². The zero-order valence-corrected chi connectivity index (χ0v) is 12.0. The molecule has 0 fully saturated rings. The van der Waals surface area contributed by atoms with Crippen LogP contribution in [0.3, 0.4) is 0 Å². The Morgan fingerprint density at radius 1 is 1.24 bits per heavy atom. The van der Waals surface area contributed by atoms with Gasteiger partial charge in [0.25, 0.3) is 5.89 Å². The van der Waals surface area contributed by atoms with Crippen molar-refractivity contribution >= 4 is 11.6 Å². The Labute approximate surface area is 126 Å². The molecule has 0 saturated heterocycles. The molecule has 2 aromatic heterocycles. The van der Waals surface area contributed by atoms with E-state index in [4.69, 9.17) is 20.8 Å². The van der Waals surface area contributed by atoms with E-state index in [1.165, 1.54) is 6.39 Å². The summed E-state index contributed by atoms with van der Waals surface area (Å²) in [5.41, 5.74) is 2.39. The van der Waals surface area contributed by atoms with Crippen molar-refractivity contribution in [2.24, 2.45) is 0 Å². The molecule has 2 heterocycles. The van der Waals surface area contributed by atoms with Crippen molar-refractivity contribution < 1.29 is 9.15 Å². The molecule has 0 saturated carbocycles. The molecule has 0 aliphatic carbocycles. The van der Waals surface area contributed by atoms with Crippen molar-refractivity contribution in [1.82, 2.24) is 15.2 Å². The molecular weight excluding hydrogens is 290 g/mol. The molecule has 21 heavy (non-hydrogen) atoms. The van der Waals surface area contributed by atoms with E-state index in [2.05, 4.69) is 15.2 Å². The Hall–Kier alpha value is -2.40. The fourth-order valence-electron chi connectivity index (χ4n) is 2.00. The maximum atomic E-state index is 6.01. The highest BCUT2D eigenvalue weighted by molar-refractivity contribution is 6.29. The normalized spacial score (nSPS) is 10.6. The van der Waals surface area contributed by atoms with E-state index in [-0.39, 0.29) is 0 Å². The third-order valence-corrected chi connectivity index (χ3v) is 3.14. The lowest BCUT2D eigenvalue weighted by Crippen LogP contribution is -2.00. The standard InChI is InChI=1S/C15H12ClN3O2/c1-10-14(15-19-17-9-21-15)12(7-13(16)18-10)20-8-11-5-3-2-4-6-11/h2-7,9H,8H2,1H3. The summed E-state index contributed by atoms with van der Waals surface area (Å²) in [5.74, 6) is 0.931. The van der Waals surface area contributed by atoms with Crippen LogP contribution >= 0.6 is 11.6 Å². The van der Waals surface area contributed by atoms with Crippen LogP contribution in [-0.4, -0.2) is 15.2 Å². The predicted molar refractivity (Wildman–Crippen MR) is 78.1 cm³/mol. The summed E-state index contributed by atoms with van der Waals surface area (Å²) in [4.78, 5) is 4.20. The van der Waals surface area contributed by atoms with Crippen molar-refractivity contribution in [3.63, 3.8) is 0 Å². The van der Waals surface area contributed by atoms with Gasteiger partial charge in [-0.1, -0.05) is 41.9 Å². The molecule has 0 aliphatic rings. The van der Waals surface area contributed by atoms with E-state index < -0.39 is 0 Å². The van der Waals surface area contributed by atoms with E-state index in [9.17, 15) is 0 Å². The monoisotopic (exact) mass is 301 g/mol. The molecule has 3 aromatic rings. The molecule has 0 aliphatic heterocycles. The Morgan fingerprint density at radius 2 is 2.05 bits per heavy atom. The number of benzene rings is 1. The number of nitrogens with zero attached hydrogens (tertiary/aromatic N) is 3. The summed E-state index contributed by atoms with van der Waals surface area (Å²) in [6, 6.07) is 11.5. The van der Waals surface area contributed by atoms with Crippen LogP contribution in [0.4, 0.5) is 0 Å². The molecule has 0 unspecified atom stereocenters. The second kappa shape index (κ2) is 5.93. The van der Waals surface area contributed by atoms with Crippen LogP contribution in [0.5, 0.6) is 5.75 Å². The number of aromatic nitrogens is 3. The summed E-state index contributed by atoms with van der Waals surface area (Å²) in [6.07, 6.45) is 1.27. The zero-order chi connectivity index (χ0) is 14.7. The molecule has 0 radical (unpaired) electrons. The Balaban J connectivity index is 1.94. The van der Waals surface area contributed by atoms with Crippen molar-refractivity contribution in [2.45, 2.75) is 13.5 Å². The number of ether oxygens (including phenoxy) is 1. The lowest BCUT2D eigenvalue weighted by atomic mass is 10.2. The van der Waals surface area contributed by atoms with E-state index in [1.54, 1.807) is 6.07 Å². The van der Waals surface area contributed by atoms with Gasteiger partial charge in [-0.3, -0.25) is 0 Å². The minimum Gasteiger partial charge on any atom is -0.488 e. The van der Waals surface area contributed by atoms with E-state index in [1.807, 2.05) is 37.3 Å². The molecule has 3 rings (SSSR count). The highest BCUT2D eigenvalue weighted by Crippen LogP contribution is 2.33. The lowest BCUT2D eigenvalue weighted by Gasteiger charge is -2.11. The van der Waals surface area contributed by atoms with Gasteiger partial charge < -0.3 is 9.15 Å². The largest absolute Gasteiger partial charge is 0.488 e. The summed E-state index contributed by atoms with van der Waals surface area (Å²) < 4.78 is 11.1. The van der Waals surface area contributed by atoms with Crippen LogP contribution in [0.15, 0.2) is 47.2 Å². The first kappa shape index (κ1) is 13.6. The van der Waals surface area contributed by atoms with Crippen LogP contribution in [0.25, 0.3) is 11.5 Å². The van der Waals surface area contributed by atoms with E-state index in [0.29, 0.717) is 34.7 Å². The van der Waals surface area contributed by atoms with E-state index in [0.717, 1.165) is 5.56 Å². The molecular formula is C15H12ClN3O2. The first-order chi connectivity index (χ1) is 10.2. The number of halogens is 1. The number of pyridine rings is 1. The number of hydrogen-bond acceptors (Lipinski definition) is 5. The number of hydrogen-bond donors (Lipinski definition) is 0. The van der Waals surface area contributed by atoms with Gasteiger partial charge in [0, 0.05) is 6.07 Å². The van der Waals surface area contributed by atoms with Gasteiger partial charge in [0.2, 0.25) is 6.39 Å². The third kappa shape index (κ3) is 3.03. The van der Waals surface area contributed by atoms with Gasteiger partial charge in [0.15, 0.2) is 0 Å². The molecule has 0 amide bonds. The minimum absolute atomic E-state index is 0.360. The van der Waals surface area contributed by atoms with Crippen molar-refractivity contribution in [3.8, 4) is 17.2 Å². The fraction of sp³-hybridized carbons (Fsp3) is 0.133. The second-order valence-electron chi connectivity index (χ2n) is 4.42. The average Bonchev–Trinajstić information content (AvgIpc) is 2.99. The molecule has 106 valence electrons. The first-order valence-corrected chi connectivity index (χ1v) is 6.72. The van der Waals surface area contributed by atoms with Gasteiger partial charge in [-0.15, -0.1) is 10.2 Å². The van der Waals surface area contributed by atoms with Crippen molar-refractivity contribution in [2.75, 3.05) is 0 Å². The van der Waals surface area contributed by atoms with Crippen LogP contribution < -0.4 is 4.74 Å². The van der Waals surface area contributed by atoms with Gasteiger partial charge in [-0.2, -0.15) is 0 Å². The predicted octanol–water partition coefficient (Wildman–Crippen LogP) is 3.67. The lowest BCUT2D eigenvalue weighted by molar-refractivity contribution is 0.306. The quantitative estimate of drug-likeness (QED) is 0.688. The Kier molecular flexibility index (Phi) is 3.83. The second-order valence-corrected chi connectivity index (χ2v) is 4.81. The molecule has 0 atom stereocenters. The van der Waals surface area contributed by atoms with Crippen LogP contribution in [-0.2, 0) is 6.61 Å². The molecule has 6 heteroatoms. The fourth-order valence-corrected chi connectivity index (χ4v) is 2.22. The van der Waals surface area contributed by atoms with Gasteiger partial charge in [-0.05, 0) is 12.5 Å². The summed E-state index contributed by atoms with van der Waals surface area (Å²) in [6.45, 7) is 2.24. The number of aryl methyl sites for hydroxylation is 1. The Morgan fingerprint density at radius 3 is 2.76 bits per heavy atom. The molecule has 0 spiro atoms. The minimum atomic E-state index is 0.360. The highest BCUT2D eigenvalue weighted by atomic mass is 35.5. The van der Waals surface area contributed by atoms with Gasteiger partial charge in [-0.25, -0.2) is 4.98 Å². The average molecular weight is 302 g/mol. The number of rotatable bonds is 4. The first-order valence-electron chi connectivity index (χ1n) is 6.34. The topological polar surface area (TPSA) is 61.0 Å². The Bertz CT molecular complexity index is 730. The van der Waals surface area contributed by atoms with Crippen LogP contribution in [0.2, 0.25) is 5.15 Å². The summed E-state index contributed by atoms with van der Waals surface area (Å²) >= 11 is 6.01. The SMILES string of the molecule is Cc1nc(Cl)cc(OCc2ccccc2)c1-c1nnco1. The molecule has 0 N–H and O–H groups in total.